The third kappa shape index (κ3) is 3.92. The van der Waals surface area contributed by atoms with Crippen LogP contribution in [0.2, 0.25) is 0 Å². The first-order chi connectivity index (χ1) is 13.7. The maximum atomic E-state index is 12.6. The Labute approximate surface area is 165 Å². The molecule has 0 saturated carbocycles. The van der Waals surface area contributed by atoms with E-state index in [4.69, 9.17) is 4.74 Å². The summed E-state index contributed by atoms with van der Waals surface area (Å²) in [5.41, 5.74) is 1.82. The van der Waals surface area contributed by atoms with Gasteiger partial charge in [0.05, 0.1) is 13.7 Å². The summed E-state index contributed by atoms with van der Waals surface area (Å²) < 4.78 is 7.33. The number of piperazine rings is 1. The molecule has 1 fully saturated rings. The number of aromatic nitrogens is 2. The van der Waals surface area contributed by atoms with Crippen molar-refractivity contribution >= 4 is 5.91 Å². The van der Waals surface area contributed by atoms with Gasteiger partial charge >= 0.3 is 0 Å². The molecule has 2 heterocycles. The van der Waals surface area contributed by atoms with E-state index in [1.165, 1.54) is 0 Å². The Balaban J connectivity index is 1.38. The molecule has 0 bridgehead atoms. The molecule has 4 rings (SSSR count). The molecule has 3 aromatic rings. The third-order valence-electron chi connectivity index (χ3n) is 5.11. The molecule has 1 amide bonds. The molecule has 1 aromatic heterocycles. The van der Waals surface area contributed by atoms with Gasteiger partial charge in [-0.3, -0.25) is 9.69 Å². The van der Waals surface area contributed by atoms with Crippen LogP contribution in [0.3, 0.4) is 0 Å². The third-order valence-corrected chi connectivity index (χ3v) is 5.11. The van der Waals surface area contributed by atoms with E-state index < -0.39 is 0 Å². The second kappa shape index (κ2) is 8.27. The fourth-order valence-electron chi connectivity index (χ4n) is 3.50. The van der Waals surface area contributed by atoms with E-state index >= 15 is 0 Å². The monoisotopic (exact) mass is 376 g/mol. The topological polar surface area (TPSA) is 50.6 Å². The number of methoxy groups -OCH3 is 1. The van der Waals surface area contributed by atoms with Crippen LogP contribution in [0.1, 0.15) is 16.2 Å². The van der Waals surface area contributed by atoms with Gasteiger partial charge in [-0.25, -0.2) is 4.98 Å². The molecule has 1 aliphatic rings. The number of benzene rings is 2. The highest BCUT2D eigenvalue weighted by atomic mass is 16.5. The zero-order valence-electron chi connectivity index (χ0n) is 16.0. The van der Waals surface area contributed by atoms with Gasteiger partial charge in [0.2, 0.25) is 0 Å². The van der Waals surface area contributed by atoms with Crippen molar-refractivity contribution in [1.82, 2.24) is 19.4 Å². The SMILES string of the molecule is COc1ccc(-n2ccnc2CN2CCN(C(=O)c3ccccc3)CC2)cc1. The molecule has 0 atom stereocenters. The van der Waals surface area contributed by atoms with E-state index in [-0.39, 0.29) is 5.91 Å². The lowest BCUT2D eigenvalue weighted by Gasteiger charge is -2.34. The standard InChI is InChI=1S/C22H24N4O2/c1-28-20-9-7-19(8-10-20)26-12-11-23-21(26)17-24-13-15-25(16-14-24)22(27)18-5-3-2-4-6-18/h2-12H,13-17H2,1H3. The van der Waals surface area contributed by atoms with Gasteiger partial charge in [-0.15, -0.1) is 0 Å². The van der Waals surface area contributed by atoms with Crippen LogP contribution in [0, 0.1) is 0 Å². The molecule has 0 N–H and O–H groups in total. The first-order valence-electron chi connectivity index (χ1n) is 9.48. The number of nitrogens with zero attached hydrogens (tertiary/aromatic N) is 4. The van der Waals surface area contributed by atoms with Gasteiger partial charge in [0, 0.05) is 49.8 Å². The molecule has 6 heteroatoms. The summed E-state index contributed by atoms with van der Waals surface area (Å²) in [6, 6.07) is 17.5. The van der Waals surface area contributed by atoms with Crippen molar-refractivity contribution < 1.29 is 9.53 Å². The Bertz CT molecular complexity index is 913. The Morgan fingerprint density at radius 1 is 1.00 bits per heavy atom. The summed E-state index contributed by atoms with van der Waals surface area (Å²) in [6.45, 7) is 3.91. The Morgan fingerprint density at radius 2 is 1.71 bits per heavy atom. The highest BCUT2D eigenvalue weighted by Gasteiger charge is 2.23. The average molecular weight is 376 g/mol. The molecular weight excluding hydrogens is 352 g/mol. The van der Waals surface area contributed by atoms with Crippen LogP contribution in [0.25, 0.3) is 5.69 Å². The van der Waals surface area contributed by atoms with E-state index in [1.54, 1.807) is 7.11 Å². The Kier molecular flexibility index (Phi) is 5.39. The smallest absolute Gasteiger partial charge is 0.253 e. The van der Waals surface area contributed by atoms with Crippen LogP contribution in [-0.4, -0.2) is 58.5 Å². The lowest BCUT2D eigenvalue weighted by Crippen LogP contribution is -2.48. The van der Waals surface area contributed by atoms with E-state index in [0.29, 0.717) is 0 Å². The minimum atomic E-state index is 0.111. The zero-order valence-corrected chi connectivity index (χ0v) is 16.0. The van der Waals surface area contributed by atoms with Crippen molar-refractivity contribution in [2.24, 2.45) is 0 Å². The predicted octanol–water partition coefficient (Wildman–Crippen LogP) is 2.84. The number of carbonyl (C=O) groups is 1. The van der Waals surface area contributed by atoms with E-state index in [2.05, 4.69) is 14.5 Å². The van der Waals surface area contributed by atoms with Gasteiger partial charge in [-0.05, 0) is 36.4 Å². The Hall–Kier alpha value is -3.12. The molecule has 2 aromatic carbocycles. The molecule has 0 radical (unpaired) electrons. The van der Waals surface area contributed by atoms with Crippen molar-refractivity contribution in [3.63, 3.8) is 0 Å². The second-order valence-electron chi connectivity index (χ2n) is 6.85. The van der Waals surface area contributed by atoms with Crippen molar-refractivity contribution in [2.45, 2.75) is 6.54 Å². The summed E-state index contributed by atoms with van der Waals surface area (Å²) >= 11 is 0. The molecule has 0 aliphatic carbocycles. The first kappa shape index (κ1) is 18.3. The van der Waals surface area contributed by atoms with Gasteiger partial charge in [0.25, 0.3) is 5.91 Å². The zero-order chi connectivity index (χ0) is 19.3. The highest BCUT2D eigenvalue weighted by molar-refractivity contribution is 5.94. The maximum Gasteiger partial charge on any atom is 0.253 e. The first-order valence-corrected chi connectivity index (χ1v) is 9.48. The summed E-state index contributed by atoms with van der Waals surface area (Å²) in [5, 5.41) is 0. The number of ether oxygens (including phenoxy) is 1. The lowest BCUT2D eigenvalue weighted by atomic mass is 10.2. The quantitative estimate of drug-likeness (QED) is 0.687. The number of hydrogen-bond acceptors (Lipinski definition) is 4. The van der Waals surface area contributed by atoms with E-state index in [1.807, 2.05) is 71.9 Å². The van der Waals surface area contributed by atoms with Crippen LogP contribution in [0.4, 0.5) is 0 Å². The average Bonchev–Trinajstić information content (AvgIpc) is 3.22. The minimum Gasteiger partial charge on any atom is -0.497 e. The number of carbonyl (C=O) groups excluding carboxylic acids is 1. The summed E-state index contributed by atoms with van der Waals surface area (Å²) in [7, 11) is 1.67. The van der Waals surface area contributed by atoms with Gasteiger partial charge in [0.1, 0.15) is 11.6 Å². The maximum absolute atomic E-state index is 12.6. The fourth-order valence-corrected chi connectivity index (χ4v) is 3.50. The highest BCUT2D eigenvalue weighted by Crippen LogP contribution is 2.18. The number of rotatable bonds is 5. The molecule has 0 spiro atoms. The second-order valence-corrected chi connectivity index (χ2v) is 6.85. The summed E-state index contributed by atoms with van der Waals surface area (Å²) in [5.74, 6) is 1.94. The number of hydrogen-bond donors (Lipinski definition) is 0. The normalized spacial score (nSPS) is 14.8. The lowest BCUT2D eigenvalue weighted by molar-refractivity contribution is 0.0625. The minimum absolute atomic E-state index is 0.111. The number of amides is 1. The van der Waals surface area contributed by atoms with Crippen molar-refractivity contribution in [3.05, 3.63) is 78.4 Å². The van der Waals surface area contributed by atoms with Crippen LogP contribution < -0.4 is 4.74 Å². The van der Waals surface area contributed by atoms with Crippen LogP contribution in [-0.2, 0) is 6.54 Å². The molecular formula is C22H24N4O2. The van der Waals surface area contributed by atoms with Crippen LogP contribution in [0.15, 0.2) is 67.0 Å². The van der Waals surface area contributed by atoms with Crippen molar-refractivity contribution in [3.8, 4) is 11.4 Å². The molecule has 28 heavy (non-hydrogen) atoms. The molecule has 0 unspecified atom stereocenters. The molecule has 6 nitrogen and oxygen atoms in total. The summed E-state index contributed by atoms with van der Waals surface area (Å²) in [4.78, 5) is 21.4. The van der Waals surface area contributed by atoms with Gasteiger partial charge in [-0.2, -0.15) is 0 Å². The molecule has 144 valence electrons. The van der Waals surface area contributed by atoms with Crippen LogP contribution in [0.5, 0.6) is 5.75 Å². The van der Waals surface area contributed by atoms with Gasteiger partial charge in [0.15, 0.2) is 0 Å². The fraction of sp³-hybridized carbons (Fsp3) is 0.273. The number of imidazole rings is 1. The van der Waals surface area contributed by atoms with Gasteiger partial charge < -0.3 is 14.2 Å². The largest absolute Gasteiger partial charge is 0.497 e. The van der Waals surface area contributed by atoms with Crippen molar-refractivity contribution in [1.29, 1.82) is 0 Å². The Morgan fingerprint density at radius 3 is 2.39 bits per heavy atom. The molecule has 1 aliphatic heterocycles. The van der Waals surface area contributed by atoms with Crippen LogP contribution >= 0.6 is 0 Å². The molecule has 1 saturated heterocycles. The summed E-state index contributed by atoms with van der Waals surface area (Å²) in [6.07, 6.45) is 3.81. The predicted molar refractivity (Wildman–Crippen MR) is 108 cm³/mol. The van der Waals surface area contributed by atoms with Gasteiger partial charge in [-0.1, -0.05) is 18.2 Å². The van der Waals surface area contributed by atoms with E-state index in [0.717, 1.165) is 55.5 Å². The van der Waals surface area contributed by atoms with Crippen molar-refractivity contribution in [2.75, 3.05) is 33.3 Å². The van der Waals surface area contributed by atoms with E-state index in [9.17, 15) is 4.79 Å².